The number of aryl methyl sites for hydroxylation is 1. The molecule has 1 aliphatic heterocycles. The van der Waals surface area contributed by atoms with Crippen LogP contribution in [-0.4, -0.2) is 15.0 Å². The lowest BCUT2D eigenvalue weighted by Crippen LogP contribution is -2.29. The molecular weight excluding hydrogens is 438 g/mol. The van der Waals surface area contributed by atoms with Crippen LogP contribution in [0.15, 0.2) is 89.5 Å². The zero-order valence-corrected chi connectivity index (χ0v) is 19.1. The highest BCUT2D eigenvalue weighted by molar-refractivity contribution is 7.80. The summed E-state index contributed by atoms with van der Waals surface area (Å²) in [5.74, 6) is 1.62. The van der Waals surface area contributed by atoms with Crippen molar-refractivity contribution in [1.29, 1.82) is 0 Å². The number of hydrogen-bond acceptors (Lipinski definition) is 3. The first-order chi connectivity index (χ1) is 15.6. The number of hydrogen-bond donors (Lipinski definition) is 1. The van der Waals surface area contributed by atoms with E-state index in [4.69, 9.17) is 28.2 Å². The molecule has 3 heterocycles. The molecule has 0 aliphatic carbocycles. The lowest BCUT2D eigenvalue weighted by Gasteiger charge is -2.26. The van der Waals surface area contributed by atoms with Crippen molar-refractivity contribution in [3.05, 3.63) is 113 Å². The Kier molecular flexibility index (Phi) is 5.68. The van der Waals surface area contributed by atoms with Gasteiger partial charge in [-0.25, -0.2) is 0 Å². The highest BCUT2D eigenvalue weighted by Gasteiger charge is 2.41. The van der Waals surface area contributed by atoms with Gasteiger partial charge in [-0.1, -0.05) is 54.1 Å². The third-order valence-electron chi connectivity index (χ3n) is 5.78. The summed E-state index contributed by atoms with van der Waals surface area (Å²) in [4.78, 5) is 6.77. The van der Waals surface area contributed by atoms with Gasteiger partial charge >= 0.3 is 0 Å². The summed E-state index contributed by atoms with van der Waals surface area (Å²) in [5, 5.41) is 4.84. The van der Waals surface area contributed by atoms with Crippen LogP contribution in [0.4, 0.5) is 0 Å². The van der Waals surface area contributed by atoms with Gasteiger partial charge in [0, 0.05) is 23.3 Å². The molecule has 2 aromatic carbocycles. The van der Waals surface area contributed by atoms with E-state index in [1.807, 2.05) is 66.7 Å². The van der Waals surface area contributed by atoms with Crippen molar-refractivity contribution in [3.8, 4) is 11.3 Å². The molecule has 2 aromatic heterocycles. The van der Waals surface area contributed by atoms with Gasteiger partial charge in [0.1, 0.15) is 17.6 Å². The average molecular weight is 460 g/mol. The molecule has 4 nitrogen and oxygen atoms in total. The van der Waals surface area contributed by atoms with Crippen molar-refractivity contribution < 1.29 is 4.42 Å². The highest BCUT2D eigenvalue weighted by Crippen LogP contribution is 2.41. The third kappa shape index (κ3) is 4.01. The Morgan fingerprint density at radius 1 is 1.03 bits per heavy atom. The predicted molar refractivity (Wildman–Crippen MR) is 131 cm³/mol. The van der Waals surface area contributed by atoms with Crippen molar-refractivity contribution >= 4 is 28.9 Å². The Morgan fingerprint density at radius 2 is 1.84 bits per heavy atom. The maximum atomic E-state index is 6.43. The first-order valence-corrected chi connectivity index (χ1v) is 11.3. The summed E-state index contributed by atoms with van der Waals surface area (Å²) in [5.41, 5.74) is 4.20. The maximum Gasteiger partial charge on any atom is 0.170 e. The molecule has 0 saturated carbocycles. The van der Waals surface area contributed by atoms with Crippen molar-refractivity contribution in [1.82, 2.24) is 15.2 Å². The second-order valence-electron chi connectivity index (χ2n) is 7.90. The number of rotatable bonds is 5. The number of nitrogens with one attached hydrogen (secondary N) is 1. The molecule has 1 aliphatic rings. The molecule has 0 amide bonds. The van der Waals surface area contributed by atoms with Crippen LogP contribution in [0.1, 0.15) is 34.7 Å². The van der Waals surface area contributed by atoms with Crippen molar-refractivity contribution in [2.45, 2.75) is 25.6 Å². The van der Waals surface area contributed by atoms with Crippen LogP contribution in [-0.2, 0) is 6.54 Å². The van der Waals surface area contributed by atoms with Crippen LogP contribution in [0.5, 0.6) is 0 Å². The average Bonchev–Trinajstić information content (AvgIpc) is 3.42. The summed E-state index contributed by atoms with van der Waals surface area (Å²) in [7, 11) is 0. The zero-order chi connectivity index (χ0) is 22.1. The van der Waals surface area contributed by atoms with Gasteiger partial charge < -0.3 is 14.6 Å². The Labute approximate surface area is 197 Å². The lowest BCUT2D eigenvalue weighted by atomic mass is 10.0. The number of benzene rings is 2. The van der Waals surface area contributed by atoms with Crippen LogP contribution >= 0.6 is 23.8 Å². The zero-order valence-electron chi connectivity index (χ0n) is 17.5. The fraction of sp³-hybridized carbons (Fsp3) is 0.154. The molecule has 1 fully saturated rings. The minimum atomic E-state index is -0.133. The van der Waals surface area contributed by atoms with E-state index in [2.05, 4.69) is 34.3 Å². The van der Waals surface area contributed by atoms with E-state index in [1.54, 1.807) is 6.20 Å². The number of furan rings is 1. The minimum absolute atomic E-state index is 0.119. The molecule has 1 N–H and O–H groups in total. The van der Waals surface area contributed by atoms with E-state index in [0.717, 1.165) is 28.3 Å². The summed E-state index contributed by atoms with van der Waals surface area (Å²) < 4.78 is 6.43. The molecule has 0 unspecified atom stereocenters. The maximum absolute atomic E-state index is 6.43. The van der Waals surface area contributed by atoms with Gasteiger partial charge in [0.05, 0.1) is 11.7 Å². The molecule has 160 valence electrons. The number of halogens is 1. The van der Waals surface area contributed by atoms with E-state index in [1.165, 1.54) is 5.56 Å². The van der Waals surface area contributed by atoms with Crippen molar-refractivity contribution in [2.75, 3.05) is 0 Å². The monoisotopic (exact) mass is 459 g/mol. The first-order valence-electron chi connectivity index (χ1n) is 10.5. The molecule has 0 spiro atoms. The fourth-order valence-corrected chi connectivity index (χ4v) is 4.66. The summed E-state index contributed by atoms with van der Waals surface area (Å²) in [6.45, 7) is 2.73. The van der Waals surface area contributed by atoms with Crippen LogP contribution < -0.4 is 5.32 Å². The minimum Gasteiger partial charge on any atom is -0.459 e. The van der Waals surface area contributed by atoms with Gasteiger partial charge in [0.2, 0.25) is 0 Å². The van der Waals surface area contributed by atoms with E-state index < -0.39 is 0 Å². The van der Waals surface area contributed by atoms with Crippen LogP contribution in [0, 0.1) is 6.92 Å². The normalized spacial score (nSPS) is 18.1. The molecule has 0 bridgehead atoms. The highest BCUT2D eigenvalue weighted by atomic mass is 35.5. The molecule has 1 saturated heterocycles. The Bertz CT molecular complexity index is 1240. The Morgan fingerprint density at radius 3 is 2.62 bits per heavy atom. The largest absolute Gasteiger partial charge is 0.459 e. The van der Waals surface area contributed by atoms with Gasteiger partial charge in [0.25, 0.3) is 0 Å². The van der Waals surface area contributed by atoms with E-state index in [9.17, 15) is 0 Å². The topological polar surface area (TPSA) is 41.3 Å². The molecule has 4 aromatic rings. The van der Waals surface area contributed by atoms with Crippen LogP contribution in [0.3, 0.4) is 0 Å². The van der Waals surface area contributed by atoms with E-state index in [0.29, 0.717) is 16.7 Å². The predicted octanol–water partition coefficient (Wildman–Crippen LogP) is 6.48. The summed E-state index contributed by atoms with van der Waals surface area (Å²) >= 11 is 12.0. The third-order valence-corrected chi connectivity index (χ3v) is 6.36. The van der Waals surface area contributed by atoms with Gasteiger partial charge in [-0.05, 0) is 66.7 Å². The van der Waals surface area contributed by atoms with E-state index in [-0.39, 0.29) is 12.1 Å². The van der Waals surface area contributed by atoms with Gasteiger partial charge in [-0.2, -0.15) is 0 Å². The molecule has 0 radical (unpaired) electrons. The number of pyridine rings is 1. The molecule has 2 atom stereocenters. The van der Waals surface area contributed by atoms with Gasteiger partial charge in [0.15, 0.2) is 5.11 Å². The van der Waals surface area contributed by atoms with Gasteiger partial charge in [-0.15, -0.1) is 0 Å². The van der Waals surface area contributed by atoms with Crippen LogP contribution in [0.2, 0.25) is 5.02 Å². The second-order valence-corrected chi connectivity index (χ2v) is 8.72. The lowest BCUT2D eigenvalue weighted by molar-refractivity contribution is 0.269. The number of aromatic nitrogens is 1. The first kappa shape index (κ1) is 20.7. The quantitative estimate of drug-likeness (QED) is 0.346. The second kappa shape index (κ2) is 8.77. The number of thiocarbonyl (C=S) groups is 1. The molecule has 32 heavy (non-hydrogen) atoms. The number of nitrogens with zero attached hydrogens (tertiary/aromatic N) is 2. The Hall–Kier alpha value is -3.15. The van der Waals surface area contributed by atoms with Crippen molar-refractivity contribution in [3.63, 3.8) is 0 Å². The van der Waals surface area contributed by atoms with Crippen molar-refractivity contribution in [2.24, 2.45) is 0 Å². The van der Waals surface area contributed by atoms with Crippen LogP contribution in [0.25, 0.3) is 11.3 Å². The Balaban J connectivity index is 1.56. The summed E-state index contributed by atoms with van der Waals surface area (Å²) in [6, 6.07) is 25.9. The standard InChI is InChI=1S/C26H22ClN3OS/c1-17-10-11-19(27)15-20(17)22-12-13-23(31-22)25-24(21-9-5-6-14-28-21)29-26(32)30(25)16-18-7-3-2-4-8-18/h2-15,24-25H,16H2,1H3,(H,29,32)/t24-,25-/m1/s1. The smallest absolute Gasteiger partial charge is 0.170 e. The molecule has 5 rings (SSSR count). The summed E-state index contributed by atoms with van der Waals surface area (Å²) in [6.07, 6.45) is 1.81. The fourth-order valence-electron chi connectivity index (χ4n) is 4.18. The van der Waals surface area contributed by atoms with E-state index >= 15 is 0 Å². The molecule has 6 heteroatoms. The van der Waals surface area contributed by atoms with Gasteiger partial charge in [-0.3, -0.25) is 4.98 Å². The SMILES string of the molecule is Cc1ccc(Cl)cc1-c1ccc([C@@H]2[C@@H](c3ccccn3)NC(=S)N2Cc2ccccc2)o1. The molecular formula is C26H22ClN3OS.